The third kappa shape index (κ3) is 2.99. The lowest BCUT2D eigenvalue weighted by atomic mass is 10.1. The third-order valence-electron chi connectivity index (χ3n) is 1.90. The molecule has 0 saturated heterocycles. The Morgan fingerprint density at radius 1 is 1.60 bits per heavy atom. The van der Waals surface area contributed by atoms with Crippen LogP contribution in [0.4, 0.5) is 0 Å². The lowest BCUT2D eigenvalue weighted by Crippen LogP contribution is -2.24. The Morgan fingerprint density at radius 3 is 2.87 bits per heavy atom. The number of rotatable bonds is 3. The maximum Gasteiger partial charge on any atom is 0.218 e. The molecule has 4 nitrogen and oxygen atoms in total. The molecule has 0 saturated carbocycles. The van der Waals surface area contributed by atoms with Crippen LogP contribution in [0.15, 0.2) is 24.3 Å². The van der Waals surface area contributed by atoms with E-state index in [0.717, 1.165) is 0 Å². The van der Waals surface area contributed by atoms with Gasteiger partial charge in [-0.2, -0.15) is 5.26 Å². The van der Waals surface area contributed by atoms with E-state index in [2.05, 4.69) is 5.32 Å². The van der Waals surface area contributed by atoms with Gasteiger partial charge in [-0.25, -0.2) is 0 Å². The number of carbonyl (C=O) groups excluding carboxylic acids is 1. The Kier molecular flexibility index (Phi) is 3.69. The fraction of sp³-hybridized carbons (Fsp3) is 0.273. The van der Waals surface area contributed by atoms with E-state index in [4.69, 9.17) is 10.00 Å². The predicted octanol–water partition coefficient (Wildman–Crippen LogP) is 1.40. The van der Waals surface area contributed by atoms with E-state index in [1.165, 1.54) is 6.92 Å². The number of nitrogens with zero attached hydrogens (tertiary/aromatic N) is 1. The summed E-state index contributed by atoms with van der Waals surface area (Å²) in [7, 11) is 1.55. The highest BCUT2D eigenvalue weighted by Crippen LogP contribution is 2.18. The zero-order valence-corrected chi connectivity index (χ0v) is 8.65. The average Bonchev–Trinajstić information content (AvgIpc) is 2.25. The van der Waals surface area contributed by atoms with Crippen LogP contribution in [0.5, 0.6) is 5.75 Å². The van der Waals surface area contributed by atoms with E-state index in [9.17, 15) is 4.79 Å². The largest absolute Gasteiger partial charge is 0.497 e. The maximum absolute atomic E-state index is 10.8. The van der Waals surface area contributed by atoms with Crippen LogP contribution in [-0.2, 0) is 4.79 Å². The van der Waals surface area contributed by atoms with Crippen LogP contribution in [0.25, 0.3) is 0 Å². The highest BCUT2D eigenvalue weighted by Gasteiger charge is 2.11. The van der Waals surface area contributed by atoms with E-state index in [1.54, 1.807) is 31.4 Å². The molecule has 1 amide bonds. The number of hydrogen-bond acceptors (Lipinski definition) is 3. The fourth-order valence-electron chi connectivity index (χ4n) is 1.21. The van der Waals surface area contributed by atoms with Gasteiger partial charge in [0.15, 0.2) is 0 Å². The molecular formula is C11H12N2O2. The smallest absolute Gasteiger partial charge is 0.218 e. The monoisotopic (exact) mass is 204 g/mol. The normalized spacial score (nSPS) is 11.3. The first-order valence-electron chi connectivity index (χ1n) is 4.48. The molecule has 0 radical (unpaired) electrons. The Bertz CT molecular complexity index is 396. The quantitative estimate of drug-likeness (QED) is 0.809. The van der Waals surface area contributed by atoms with Gasteiger partial charge in [0.1, 0.15) is 11.8 Å². The minimum Gasteiger partial charge on any atom is -0.497 e. The van der Waals surface area contributed by atoms with E-state index in [1.807, 2.05) is 6.07 Å². The van der Waals surface area contributed by atoms with Gasteiger partial charge in [-0.15, -0.1) is 0 Å². The molecular weight excluding hydrogens is 192 g/mol. The minimum atomic E-state index is -0.627. The molecule has 15 heavy (non-hydrogen) atoms. The van der Waals surface area contributed by atoms with Gasteiger partial charge in [-0.3, -0.25) is 4.79 Å². The first-order chi connectivity index (χ1) is 7.17. The Balaban J connectivity index is 2.92. The topological polar surface area (TPSA) is 62.1 Å². The molecule has 1 aromatic carbocycles. The molecule has 4 heteroatoms. The fourth-order valence-corrected chi connectivity index (χ4v) is 1.21. The molecule has 0 bridgehead atoms. The third-order valence-corrected chi connectivity index (χ3v) is 1.90. The molecule has 0 aliphatic heterocycles. The highest BCUT2D eigenvalue weighted by molar-refractivity contribution is 5.73. The molecule has 0 unspecified atom stereocenters. The summed E-state index contributed by atoms with van der Waals surface area (Å²) in [6, 6.07) is 8.44. The van der Waals surface area contributed by atoms with Crippen LogP contribution < -0.4 is 10.1 Å². The van der Waals surface area contributed by atoms with Crippen LogP contribution in [0.3, 0.4) is 0 Å². The second kappa shape index (κ2) is 5.01. The summed E-state index contributed by atoms with van der Waals surface area (Å²) in [5, 5.41) is 11.4. The van der Waals surface area contributed by atoms with Gasteiger partial charge >= 0.3 is 0 Å². The lowest BCUT2D eigenvalue weighted by Gasteiger charge is -2.11. The lowest BCUT2D eigenvalue weighted by molar-refractivity contribution is -0.119. The predicted molar refractivity (Wildman–Crippen MR) is 55.2 cm³/mol. The van der Waals surface area contributed by atoms with Crippen LogP contribution in [0.2, 0.25) is 0 Å². The number of methoxy groups -OCH3 is 1. The number of ether oxygens (including phenoxy) is 1. The van der Waals surface area contributed by atoms with Crippen molar-refractivity contribution in [1.29, 1.82) is 5.26 Å². The number of hydrogen-bond donors (Lipinski definition) is 1. The Labute approximate surface area is 88.5 Å². The van der Waals surface area contributed by atoms with Crippen LogP contribution in [0, 0.1) is 11.3 Å². The second-order valence-electron chi connectivity index (χ2n) is 3.04. The molecule has 0 aliphatic carbocycles. The standard InChI is InChI=1S/C11H12N2O2/c1-8(14)13-11(7-12)9-4-3-5-10(6-9)15-2/h3-6,11H,1-2H3,(H,13,14)/t11-/m0/s1. The molecule has 0 spiro atoms. The van der Waals surface area contributed by atoms with Gasteiger partial charge in [0.2, 0.25) is 5.91 Å². The molecule has 0 fully saturated rings. The van der Waals surface area contributed by atoms with E-state index in [-0.39, 0.29) is 5.91 Å². The van der Waals surface area contributed by atoms with Gasteiger partial charge < -0.3 is 10.1 Å². The van der Waals surface area contributed by atoms with Crippen molar-refractivity contribution >= 4 is 5.91 Å². The van der Waals surface area contributed by atoms with Gasteiger partial charge in [-0.05, 0) is 17.7 Å². The minimum absolute atomic E-state index is 0.232. The number of carbonyl (C=O) groups is 1. The summed E-state index contributed by atoms with van der Waals surface area (Å²) in [6.45, 7) is 1.38. The summed E-state index contributed by atoms with van der Waals surface area (Å²) in [4.78, 5) is 10.8. The summed E-state index contributed by atoms with van der Waals surface area (Å²) < 4.78 is 5.03. The first kappa shape index (κ1) is 11.1. The van der Waals surface area contributed by atoms with Crippen molar-refractivity contribution in [3.8, 4) is 11.8 Å². The van der Waals surface area contributed by atoms with Crippen molar-refractivity contribution in [2.45, 2.75) is 13.0 Å². The van der Waals surface area contributed by atoms with E-state index < -0.39 is 6.04 Å². The number of nitriles is 1. The summed E-state index contributed by atoms with van der Waals surface area (Å²) in [5.74, 6) is 0.433. The molecule has 1 aromatic rings. The van der Waals surface area contributed by atoms with E-state index in [0.29, 0.717) is 11.3 Å². The summed E-state index contributed by atoms with van der Waals surface area (Å²) in [6.07, 6.45) is 0. The molecule has 1 N–H and O–H groups in total. The van der Waals surface area contributed by atoms with Crippen molar-refractivity contribution in [3.63, 3.8) is 0 Å². The Hall–Kier alpha value is -2.02. The molecule has 0 aliphatic rings. The zero-order valence-electron chi connectivity index (χ0n) is 8.65. The summed E-state index contributed by atoms with van der Waals surface area (Å²) in [5.41, 5.74) is 0.715. The van der Waals surface area contributed by atoms with Crippen LogP contribution in [0.1, 0.15) is 18.5 Å². The number of amides is 1. The second-order valence-corrected chi connectivity index (χ2v) is 3.04. The molecule has 78 valence electrons. The average molecular weight is 204 g/mol. The van der Waals surface area contributed by atoms with Crippen LogP contribution >= 0.6 is 0 Å². The highest BCUT2D eigenvalue weighted by atomic mass is 16.5. The van der Waals surface area contributed by atoms with Crippen molar-refractivity contribution in [2.24, 2.45) is 0 Å². The van der Waals surface area contributed by atoms with Gasteiger partial charge in [0.05, 0.1) is 13.2 Å². The number of nitrogens with one attached hydrogen (secondary N) is 1. The maximum atomic E-state index is 10.8. The molecule has 1 atom stereocenters. The van der Waals surface area contributed by atoms with Gasteiger partial charge in [0.25, 0.3) is 0 Å². The SMILES string of the molecule is COc1cccc([C@H](C#N)NC(C)=O)c1. The molecule has 1 rings (SSSR count). The summed E-state index contributed by atoms with van der Waals surface area (Å²) >= 11 is 0. The van der Waals surface area contributed by atoms with Crippen molar-refractivity contribution < 1.29 is 9.53 Å². The van der Waals surface area contributed by atoms with Crippen molar-refractivity contribution in [3.05, 3.63) is 29.8 Å². The molecule has 0 heterocycles. The van der Waals surface area contributed by atoms with Gasteiger partial charge in [0, 0.05) is 6.92 Å². The van der Waals surface area contributed by atoms with Crippen molar-refractivity contribution in [1.82, 2.24) is 5.32 Å². The van der Waals surface area contributed by atoms with Crippen molar-refractivity contribution in [2.75, 3.05) is 7.11 Å². The Morgan fingerprint density at radius 2 is 2.33 bits per heavy atom. The van der Waals surface area contributed by atoms with Gasteiger partial charge in [-0.1, -0.05) is 12.1 Å². The first-order valence-corrected chi connectivity index (χ1v) is 4.48. The number of benzene rings is 1. The molecule has 0 aromatic heterocycles. The van der Waals surface area contributed by atoms with E-state index >= 15 is 0 Å². The zero-order chi connectivity index (χ0) is 11.3. The van der Waals surface area contributed by atoms with Crippen LogP contribution in [-0.4, -0.2) is 13.0 Å².